The van der Waals surface area contributed by atoms with Gasteiger partial charge >= 0.3 is 6.03 Å². The Labute approximate surface area is 178 Å². The predicted octanol–water partition coefficient (Wildman–Crippen LogP) is 3.51. The minimum Gasteiger partial charge on any atom is -0.372 e. The van der Waals surface area contributed by atoms with Crippen LogP contribution in [0.3, 0.4) is 0 Å². The van der Waals surface area contributed by atoms with Crippen molar-refractivity contribution in [3.63, 3.8) is 0 Å². The van der Waals surface area contributed by atoms with E-state index in [9.17, 15) is 14.4 Å². The molecule has 2 heterocycles. The van der Waals surface area contributed by atoms with Gasteiger partial charge < -0.3 is 15.5 Å². The number of amides is 4. The minimum absolute atomic E-state index is 0.0982. The number of nitrogens with one attached hydrogen (secondary N) is 2. The molecule has 2 aliphatic heterocycles. The average molecular weight is 413 g/mol. The van der Waals surface area contributed by atoms with Gasteiger partial charge in [-0.2, -0.15) is 0 Å². The molecule has 7 nitrogen and oxygen atoms in total. The van der Waals surface area contributed by atoms with E-state index in [1.165, 1.54) is 23.4 Å². The van der Waals surface area contributed by atoms with Gasteiger partial charge in [0.2, 0.25) is 5.91 Å². The number of carbonyl (C=O) groups is 3. The van der Waals surface area contributed by atoms with Crippen molar-refractivity contribution in [2.75, 3.05) is 29.9 Å². The molecule has 1 saturated carbocycles. The average Bonchev–Trinajstić information content (AvgIpc) is 2.97. The van der Waals surface area contributed by atoms with E-state index in [4.69, 9.17) is 0 Å². The van der Waals surface area contributed by atoms with Gasteiger partial charge in [0.1, 0.15) is 5.54 Å². The van der Waals surface area contributed by atoms with Crippen molar-refractivity contribution in [2.45, 2.75) is 63.8 Å². The Morgan fingerprint density at radius 2 is 1.77 bits per heavy atom. The maximum absolute atomic E-state index is 12.8. The fourth-order valence-corrected chi connectivity index (χ4v) is 4.83. The highest BCUT2D eigenvalue weighted by Crippen LogP contribution is 2.33. The molecule has 1 aromatic carbocycles. The van der Waals surface area contributed by atoms with Crippen LogP contribution >= 0.6 is 0 Å². The van der Waals surface area contributed by atoms with Crippen LogP contribution in [0.25, 0.3) is 0 Å². The molecule has 3 aliphatic rings. The smallest absolute Gasteiger partial charge is 0.325 e. The van der Waals surface area contributed by atoms with Crippen molar-refractivity contribution >= 4 is 29.2 Å². The quantitative estimate of drug-likeness (QED) is 0.725. The Kier molecular flexibility index (Phi) is 5.97. The first-order valence-electron chi connectivity index (χ1n) is 11.3. The van der Waals surface area contributed by atoms with E-state index in [1.807, 2.05) is 24.3 Å². The number of benzene rings is 1. The number of hydrogen-bond donors (Lipinski definition) is 2. The topological polar surface area (TPSA) is 81.8 Å². The second-order valence-electron chi connectivity index (χ2n) is 9.04. The van der Waals surface area contributed by atoms with E-state index in [0.29, 0.717) is 12.8 Å². The lowest BCUT2D eigenvalue weighted by molar-refractivity contribution is -0.132. The minimum atomic E-state index is -0.728. The summed E-state index contributed by atoms with van der Waals surface area (Å²) in [6, 6.07) is 7.53. The van der Waals surface area contributed by atoms with Crippen molar-refractivity contribution in [1.82, 2.24) is 10.2 Å². The van der Waals surface area contributed by atoms with Crippen LogP contribution in [0.4, 0.5) is 16.2 Å². The van der Waals surface area contributed by atoms with Gasteiger partial charge in [0.25, 0.3) is 5.91 Å². The molecule has 4 rings (SSSR count). The number of imide groups is 1. The lowest BCUT2D eigenvalue weighted by Gasteiger charge is -2.32. The zero-order chi connectivity index (χ0) is 21.1. The van der Waals surface area contributed by atoms with Crippen LogP contribution in [-0.4, -0.2) is 47.9 Å². The van der Waals surface area contributed by atoms with Gasteiger partial charge in [-0.1, -0.05) is 26.2 Å². The first kappa shape index (κ1) is 20.7. The summed E-state index contributed by atoms with van der Waals surface area (Å²) in [5.74, 6) is 0.428. The van der Waals surface area contributed by atoms with E-state index < -0.39 is 5.54 Å². The van der Waals surface area contributed by atoms with Crippen molar-refractivity contribution in [1.29, 1.82) is 0 Å². The molecule has 3 fully saturated rings. The van der Waals surface area contributed by atoms with Crippen molar-refractivity contribution in [3.8, 4) is 0 Å². The summed E-state index contributed by atoms with van der Waals surface area (Å²) in [7, 11) is 0. The zero-order valence-electron chi connectivity index (χ0n) is 17.8. The summed E-state index contributed by atoms with van der Waals surface area (Å²) in [4.78, 5) is 41.0. The van der Waals surface area contributed by atoms with Gasteiger partial charge in [-0.15, -0.1) is 0 Å². The number of anilines is 2. The van der Waals surface area contributed by atoms with Crippen LogP contribution < -0.4 is 15.5 Å². The summed E-state index contributed by atoms with van der Waals surface area (Å²) >= 11 is 0. The first-order valence-corrected chi connectivity index (χ1v) is 11.3. The van der Waals surface area contributed by atoms with Crippen LogP contribution in [0.5, 0.6) is 0 Å². The molecule has 1 aliphatic carbocycles. The summed E-state index contributed by atoms with van der Waals surface area (Å²) in [5.41, 5.74) is 1.18. The highest BCUT2D eigenvalue weighted by molar-refractivity contribution is 6.07. The van der Waals surface area contributed by atoms with Gasteiger partial charge in [0.15, 0.2) is 0 Å². The highest BCUT2D eigenvalue weighted by atomic mass is 16.2. The Balaban J connectivity index is 1.28. The lowest BCUT2D eigenvalue weighted by atomic mass is 9.82. The molecular weight excluding hydrogens is 380 g/mol. The molecule has 4 amide bonds. The first-order chi connectivity index (χ1) is 14.5. The second kappa shape index (κ2) is 8.66. The van der Waals surface area contributed by atoms with E-state index in [-0.39, 0.29) is 30.8 Å². The van der Waals surface area contributed by atoms with Crippen LogP contribution in [0.15, 0.2) is 24.3 Å². The molecule has 1 aromatic rings. The molecule has 2 N–H and O–H groups in total. The molecular formula is C23H32N4O3. The van der Waals surface area contributed by atoms with Crippen molar-refractivity contribution < 1.29 is 14.4 Å². The lowest BCUT2D eigenvalue weighted by Crippen LogP contribution is -2.48. The summed E-state index contributed by atoms with van der Waals surface area (Å²) < 4.78 is 0. The third-order valence-corrected chi connectivity index (χ3v) is 6.82. The van der Waals surface area contributed by atoms with E-state index in [2.05, 4.69) is 22.5 Å². The fraction of sp³-hybridized carbons (Fsp3) is 0.609. The standard InChI is InChI=1S/C23H32N4O3/c1-17-9-14-26(15-10-17)19-7-5-18(6-8-19)24-20(28)11-16-27-21(29)23(25-22(27)30)12-3-2-4-13-23/h5-8,17H,2-4,9-16H2,1H3,(H,24,28)(H,25,30). The molecule has 0 unspecified atom stereocenters. The highest BCUT2D eigenvalue weighted by Gasteiger charge is 2.51. The molecule has 1 spiro atoms. The largest absolute Gasteiger partial charge is 0.372 e. The SMILES string of the molecule is CC1CCN(c2ccc(NC(=O)CCN3C(=O)NC4(CCCCC4)C3=O)cc2)CC1. The van der Waals surface area contributed by atoms with Crippen molar-refractivity contribution in [2.24, 2.45) is 5.92 Å². The Hall–Kier alpha value is -2.57. The number of piperidine rings is 1. The van der Waals surface area contributed by atoms with E-state index in [1.54, 1.807) is 0 Å². The van der Waals surface area contributed by atoms with Gasteiger partial charge in [0, 0.05) is 37.4 Å². The normalized spacial score (nSPS) is 21.8. The maximum Gasteiger partial charge on any atom is 0.325 e. The number of carbonyl (C=O) groups excluding carboxylic acids is 3. The van der Waals surface area contributed by atoms with E-state index >= 15 is 0 Å². The Morgan fingerprint density at radius 3 is 2.43 bits per heavy atom. The van der Waals surface area contributed by atoms with Crippen LogP contribution in [0, 0.1) is 5.92 Å². The molecule has 0 atom stereocenters. The Bertz CT molecular complexity index is 793. The Morgan fingerprint density at radius 1 is 1.10 bits per heavy atom. The van der Waals surface area contributed by atoms with Gasteiger partial charge in [-0.25, -0.2) is 4.79 Å². The second-order valence-corrected chi connectivity index (χ2v) is 9.04. The molecule has 0 bridgehead atoms. The monoisotopic (exact) mass is 412 g/mol. The third-order valence-electron chi connectivity index (χ3n) is 6.82. The summed E-state index contributed by atoms with van der Waals surface area (Å²) in [5, 5.41) is 5.76. The summed E-state index contributed by atoms with van der Waals surface area (Å²) in [6.45, 7) is 4.55. The van der Waals surface area contributed by atoms with Gasteiger partial charge in [0.05, 0.1) is 0 Å². The van der Waals surface area contributed by atoms with Crippen LogP contribution in [-0.2, 0) is 9.59 Å². The van der Waals surface area contributed by atoms with E-state index in [0.717, 1.165) is 44.0 Å². The zero-order valence-corrected chi connectivity index (χ0v) is 17.8. The number of urea groups is 1. The van der Waals surface area contributed by atoms with Crippen LogP contribution in [0.2, 0.25) is 0 Å². The molecule has 0 aromatic heterocycles. The fourth-order valence-electron chi connectivity index (χ4n) is 4.83. The number of nitrogens with zero attached hydrogens (tertiary/aromatic N) is 2. The molecule has 0 radical (unpaired) electrons. The molecule has 30 heavy (non-hydrogen) atoms. The number of hydrogen-bond acceptors (Lipinski definition) is 4. The van der Waals surface area contributed by atoms with Crippen LogP contribution in [0.1, 0.15) is 58.3 Å². The van der Waals surface area contributed by atoms with Crippen molar-refractivity contribution in [3.05, 3.63) is 24.3 Å². The van der Waals surface area contributed by atoms with Gasteiger partial charge in [-0.3, -0.25) is 14.5 Å². The molecule has 2 saturated heterocycles. The van der Waals surface area contributed by atoms with Gasteiger partial charge in [-0.05, 0) is 55.9 Å². The predicted molar refractivity (Wildman–Crippen MR) is 116 cm³/mol. The molecule has 7 heteroatoms. The maximum atomic E-state index is 12.8. The number of rotatable bonds is 5. The molecule has 162 valence electrons. The summed E-state index contributed by atoms with van der Waals surface area (Å²) in [6.07, 6.45) is 6.92. The third kappa shape index (κ3) is 4.30.